The summed E-state index contributed by atoms with van der Waals surface area (Å²) in [4.78, 5) is 22.5. The zero-order chi connectivity index (χ0) is 23.8. The van der Waals surface area contributed by atoms with Crippen LogP contribution in [0.2, 0.25) is 0 Å². The summed E-state index contributed by atoms with van der Waals surface area (Å²) in [7, 11) is 3.42. The molecule has 2 heterocycles. The van der Waals surface area contributed by atoms with Crippen molar-refractivity contribution in [3.63, 3.8) is 0 Å². The topological polar surface area (TPSA) is 60.9 Å². The number of aromatic nitrogens is 1. The lowest BCUT2D eigenvalue weighted by Crippen LogP contribution is -2.47. The average Bonchev–Trinajstić information content (AvgIpc) is 2.80. The second-order valence-electron chi connectivity index (χ2n) is 8.08. The Labute approximate surface area is 204 Å². The van der Waals surface area contributed by atoms with E-state index in [-0.39, 0.29) is 24.1 Å². The lowest BCUT2D eigenvalue weighted by Gasteiger charge is -2.36. The molecule has 1 aromatic carbocycles. The number of hydrogen-bond acceptors (Lipinski definition) is 6. The molecule has 0 bridgehead atoms. The molecule has 1 aliphatic heterocycles. The molecular formula is C23H31ClF3N5O2. The number of carbonyl (C=O) groups excluding carboxylic acids is 1. The molecule has 0 atom stereocenters. The molecule has 2 aromatic rings. The minimum Gasteiger partial charge on any atom is -0.482 e. The molecule has 7 nitrogen and oxygen atoms in total. The number of hydrogen-bond donors (Lipinski definition) is 1. The standard InChI is InChI=1S/C23H30F3N5O2.ClH/c1-29(2)22(32)18-7-5-10-27-21(18)28-11-6-12-30-13-15-31(16-14-30)19-8-3-4-9-20(19)33-17-23(24,25)26;/h3-5,7-10H,6,11-17H2,1-2H3,(H,27,28);1H. The molecule has 0 radical (unpaired) electrons. The number of rotatable bonds is 9. The van der Waals surface area contributed by atoms with Gasteiger partial charge in [-0.15, -0.1) is 12.4 Å². The first-order valence-corrected chi connectivity index (χ1v) is 10.9. The van der Waals surface area contributed by atoms with Crippen LogP contribution in [-0.4, -0.2) is 86.8 Å². The molecule has 1 fully saturated rings. The number of nitrogens with zero attached hydrogens (tertiary/aromatic N) is 4. The van der Waals surface area contributed by atoms with Crippen molar-refractivity contribution in [2.75, 3.05) is 70.2 Å². The van der Waals surface area contributed by atoms with E-state index in [1.807, 2.05) is 0 Å². The Morgan fingerprint density at radius 2 is 1.82 bits per heavy atom. The Morgan fingerprint density at radius 3 is 2.50 bits per heavy atom. The van der Waals surface area contributed by atoms with E-state index in [4.69, 9.17) is 4.74 Å². The van der Waals surface area contributed by atoms with Crippen LogP contribution in [0.1, 0.15) is 16.8 Å². The maximum absolute atomic E-state index is 12.5. The minimum absolute atomic E-state index is 0. The van der Waals surface area contributed by atoms with Gasteiger partial charge in [0.25, 0.3) is 5.91 Å². The Bertz CT molecular complexity index is 921. The van der Waals surface area contributed by atoms with Gasteiger partial charge in [0, 0.05) is 53.0 Å². The molecule has 1 N–H and O–H groups in total. The fraction of sp³-hybridized carbons (Fsp3) is 0.478. The number of pyridine rings is 1. The number of para-hydroxylation sites is 2. The summed E-state index contributed by atoms with van der Waals surface area (Å²) in [5.41, 5.74) is 1.24. The van der Waals surface area contributed by atoms with Crippen molar-refractivity contribution >= 4 is 29.8 Å². The van der Waals surface area contributed by atoms with Gasteiger partial charge in [-0.05, 0) is 37.2 Å². The van der Waals surface area contributed by atoms with E-state index in [1.54, 1.807) is 56.7 Å². The van der Waals surface area contributed by atoms with Gasteiger partial charge >= 0.3 is 6.18 Å². The molecule has 34 heavy (non-hydrogen) atoms. The number of anilines is 2. The molecule has 1 aromatic heterocycles. The van der Waals surface area contributed by atoms with Crippen molar-refractivity contribution in [3.05, 3.63) is 48.2 Å². The molecule has 0 unspecified atom stereocenters. The van der Waals surface area contributed by atoms with E-state index in [0.717, 1.165) is 26.1 Å². The summed E-state index contributed by atoms with van der Waals surface area (Å²) in [5, 5.41) is 3.25. The van der Waals surface area contributed by atoms with Crippen LogP contribution in [-0.2, 0) is 0 Å². The molecule has 188 valence electrons. The Kier molecular flexibility index (Phi) is 10.2. The molecule has 1 amide bonds. The Morgan fingerprint density at radius 1 is 1.12 bits per heavy atom. The van der Waals surface area contributed by atoms with Gasteiger partial charge in [-0.1, -0.05) is 12.1 Å². The Balaban J connectivity index is 0.00000408. The molecule has 1 saturated heterocycles. The van der Waals surface area contributed by atoms with Gasteiger partial charge in [-0.25, -0.2) is 4.98 Å². The van der Waals surface area contributed by atoms with Gasteiger partial charge in [0.2, 0.25) is 0 Å². The number of ether oxygens (including phenoxy) is 1. The van der Waals surface area contributed by atoms with Gasteiger partial charge in [0.05, 0.1) is 11.3 Å². The van der Waals surface area contributed by atoms with Crippen LogP contribution in [0.5, 0.6) is 5.75 Å². The van der Waals surface area contributed by atoms with Crippen molar-refractivity contribution in [1.82, 2.24) is 14.8 Å². The summed E-state index contributed by atoms with van der Waals surface area (Å²) in [6.07, 6.45) is -1.84. The van der Waals surface area contributed by atoms with E-state index in [9.17, 15) is 18.0 Å². The first kappa shape index (κ1) is 27.5. The third-order valence-corrected chi connectivity index (χ3v) is 5.36. The number of alkyl halides is 3. The number of carbonyl (C=O) groups is 1. The largest absolute Gasteiger partial charge is 0.482 e. The van der Waals surface area contributed by atoms with Crippen LogP contribution < -0.4 is 15.0 Å². The highest BCUT2D eigenvalue weighted by atomic mass is 35.5. The Hall–Kier alpha value is -2.72. The second kappa shape index (κ2) is 12.7. The molecular weight excluding hydrogens is 471 g/mol. The molecule has 0 saturated carbocycles. The van der Waals surface area contributed by atoms with Crippen LogP contribution in [0, 0.1) is 0 Å². The highest BCUT2D eigenvalue weighted by Gasteiger charge is 2.29. The SMILES string of the molecule is CN(C)C(=O)c1cccnc1NCCCN1CCN(c2ccccc2OCC(F)(F)F)CC1.Cl. The highest BCUT2D eigenvalue weighted by molar-refractivity contribution is 5.98. The maximum atomic E-state index is 12.5. The molecule has 1 aliphatic rings. The van der Waals surface area contributed by atoms with E-state index in [0.29, 0.717) is 36.7 Å². The average molecular weight is 502 g/mol. The summed E-state index contributed by atoms with van der Waals surface area (Å²) < 4.78 is 42.7. The predicted molar refractivity (Wildman–Crippen MR) is 129 cm³/mol. The van der Waals surface area contributed by atoms with E-state index in [2.05, 4.69) is 20.1 Å². The number of amides is 1. The number of benzene rings is 1. The van der Waals surface area contributed by atoms with Crippen LogP contribution in [0.3, 0.4) is 0 Å². The van der Waals surface area contributed by atoms with Crippen LogP contribution in [0.25, 0.3) is 0 Å². The van der Waals surface area contributed by atoms with Gasteiger partial charge in [-0.3, -0.25) is 9.69 Å². The first-order chi connectivity index (χ1) is 15.7. The summed E-state index contributed by atoms with van der Waals surface area (Å²) in [6.45, 7) is 3.29. The normalized spacial score (nSPS) is 14.3. The molecule has 0 spiro atoms. The van der Waals surface area contributed by atoms with Gasteiger partial charge in [0.15, 0.2) is 6.61 Å². The van der Waals surface area contributed by atoms with Gasteiger partial charge in [-0.2, -0.15) is 13.2 Å². The molecule has 11 heteroatoms. The van der Waals surface area contributed by atoms with Crippen LogP contribution >= 0.6 is 12.4 Å². The lowest BCUT2D eigenvalue weighted by atomic mass is 10.2. The smallest absolute Gasteiger partial charge is 0.422 e. The maximum Gasteiger partial charge on any atom is 0.422 e. The highest BCUT2D eigenvalue weighted by Crippen LogP contribution is 2.30. The summed E-state index contributed by atoms with van der Waals surface area (Å²) in [5.74, 6) is 0.739. The van der Waals surface area contributed by atoms with Gasteiger partial charge < -0.3 is 19.9 Å². The molecule has 3 rings (SSSR count). The van der Waals surface area contributed by atoms with Crippen molar-refractivity contribution in [2.24, 2.45) is 0 Å². The zero-order valence-electron chi connectivity index (χ0n) is 19.3. The summed E-state index contributed by atoms with van der Waals surface area (Å²) in [6, 6.07) is 10.4. The number of piperazine rings is 1. The van der Waals surface area contributed by atoms with Crippen LogP contribution in [0.15, 0.2) is 42.6 Å². The van der Waals surface area contributed by atoms with Crippen molar-refractivity contribution in [3.8, 4) is 5.75 Å². The quantitative estimate of drug-likeness (QED) is 0.528. The third kappa shape index (κ3) is 7.95. The van der Waals surface area contributed by atoms with Crippen molar-refractivity contribution in [2.45, 2.75) is 12.6 Å². The first-order valence-electron chi connectivity index (χ1n) is 10.9. The van der Waals surface area contributed by atoms with Gasteiger partial charge in [0.1, 0.15) is 11.6 Å². The molecule has 0 aliphatic carbocycles. The number of nitrogens with one attached hydrogen (secondary N) is 1. The predicted octanol–water partition coefficient (Wildman–Crippen LogP) is 3.77. The van der Waals surface area contributed by atoms with E-state index >= 15 is 0 Å². The van der Waals surface area contributed by atoms with Crippen molar-refractivity contribution < 1.29 is 22.7 Å². The fourth-order valence-corrected chi connectivity index (χ4v) is 3.68. The fourth-order valence-electron chi connectivity index (χ4n) is 3.68. The third-order valence-electron chi connectivity index (χ3n) is 5.36. The van der Waals surface area contributed by atoms with Crippen LogP contribution in [0.4, 0.5) is 24.7 Å². The van der Waals surface area contributed by atoms with Crippen molar-refractivity contribution in [1.29, 1.82) is 0 Å². The second-order valence-corrected chi connectivity index (χ2v) is 8.08. The minimum atomic E-state index is -4.37. The zero-order valence-corrected chi connectivity index (χ0v) is 20.2. The summed E-state index contributed by atoms with van der Waals surface area (Å²) >= 11 is 0. The lowest BCUT2D eigenvalue weighted by molar-refractivity contribution is -0.153. The monoisotopic (exact) mass is 501 g/mol. The number of halogens is 4. The van der Waals surface area contributed by atoms with E-state index in [1.165, 1.54) is 4.90 Å². The van der Waals surface area contributed by atoms with E-state index < -0.39 is 12.8 Å².